The molecule has 0 aliphatic carbocycles. The van der Waals surface area contributed by atoms with Crippen LogP contribution >= 0.6 is 22.6 Å². The van der Waals surface area contributed by atoms with Crippen molar-refractivity contribution in [2.45, 2.75) is 26.3 Å². The molecule has 0 fully saturated rings. The van der Waals surface area contributed by atoms with Gasteiger partial charge in [-0.05, 0) is 29.0 Å². The zero-order valence-electron chi connectivity index (χ0n) is 10.3. The second-order valence-corrected chi connectivity index (χ2v) is 5.00. The minimum atomic E-state index is -0.565. The number of hydrogen-bond donors (Lipinski definition) is 0. The van der Waals surface area contributed by atoms with Crippen molar-refractivity contribution in [1.82, 2.24) is 9.13 Å². The molecule has 0 radical (unpaired) electrons. The molecule has 0 bridgehead atoms. The van der Waals surface area contributed by atoms with Gasteiger partial charge in [0.25, 0.3) is 5.56 Å². The molecule has 6 nitrogen and oxygen atoms in total. The molecule has 0 saturated carbocycles. The number of halogens is 1. The van der Waals surface area contributed by atoms with Crippen LogP contribution in [0.15, 0.2) is 15.8 Å². The van der Waals surface area contributed by atoms with E-state index in [2.05, 4.69) is 0 Å². The van der Waals surface area contributed by atoms with E-state index in [0.717, 1.165) is 17.4 Å². The van der Waals surface area contributed by atoms with Crippen LogP contribution in [0.1, 0.15) is 19.8 Å². The van der Waals surface area contributed by atoms with Gasteiger partial charge in [-0.2, -0.15) is 0 Å². The molecule has 0 aliphatic rings. The third-order valence-electron chi connectivity index (χ3n) is 2.34. The minimum absolute atomic E-state index is 0.314. The highest BCUT2D eigenvalue weighted by molar-refractivity contribution is 14.1. The quantitative estimate of drug-likeness (QED) is 0.432. The van der Waals surface area contributed by atoms with Gasteiger partial charge in [0.2, 0.25) is 0 Å². The van der Waals surface area contributed by atoms with Crippen molar-refractivity contribution in [3.8, 4) is 0 Å². The van der Waals surface area contributed by atoms with Crippen LogP contribution in [0.25, 0.3) is 0 Å². The normalized spacial score (nSPS) is 10.4. The molecule has 1 aromatic heterocycles. The molecular weight excluding hydrogens is 351 g/mol. The Labute approximate surface area is 118 Å². The zero-order chi connectivity index (χ0) is 13.7. The van der Waals surface area contributed by atoms with E-state index in [0.29, 0.717) is 10.2 Å². The summed E-state index contributed by atoms with van der Waals surface area (Å²) in [7, 11) is 1.53. The lowest BCUT2D eigenvalue weighted by Gasteiger charge is -2.08. The van der Waals surface area contributed by atoms with Gasteiger partial charge in [-0.3, -0.25) is 9.59 Å². The van der Waals surface area contributed by atoms with E-state index in [1.165, 1.54) is 17.8 Å². The highest BCUT2D eigenvalue weighted by Gasteiger charge is 2.12. The van der Waals surface area contributed by atoms with E-state index in [1.807, 2.05) is 29.5 Å². The Morgan fingerprint density at radius 3 is 2.72 bits per heavy atom. The Hall–Kier alpha value is -1.12. The van der Waals surface area contributed by atoms with E-state index in [9.17, 15) is 14.4 Å². The predicted molar refractivity (Wildman–Crippen MR) is 74.5 cm³/mol. The highest BCUT2D eigenvalue weighted by atomic mass is 127. The lowest BCUT2D eigenvalue weighted by atomic mass is 10.4. The summed E-state index contributed by atoms with van der Waals surface area (Å²) in [6.45, 7) is 1.95. The molecule has 7 heteroatoms. The second kappa shape index (κ2) is 6.72. The van der Waals surface area contributed by atoms with E-state index >= 15 is 0 Å². The topological polar surface area (TPSA) is 70.3 Å². The molecule has 1 rings (SSSR count). The van der Waals surface area contributed by atoms with E-state index < -0.39 is 17.2 Å². The van der Waals surface area contributed by atoms with Crippen molar-refractivity contribution in [3.05, 3.63) is 30.6 Å². The molecule has 0 atom stereocenters. The summed E-state index contributed by atoms with van der Waals surface area (Å²) in [5.74, 6) is -0.565. The van der Waals surface area contributed by atoms with Gasteiger partial charge in [0.15, 0.2) is 0 Å². The Balaban J connectivity index is 2.88. The number of ether oxygens (including phenoxy) is 1. The van der Waals surface area contributed by atoms with Crippen molar-refractivity contribution in [1.29, 1.82) is 0 Å². The number of aromatic nitrogens is 2. The molecule has 0 N–H and O–H groups in total. The first-order valence-corrected chi connectivity index (χ1v) is 6.66. The SMILES string of the molecule is CCCCOC(=O)Cn1c(=O)c(I)cn(C)c1=O. The molecule has 18 heavy (non-hydrogen) atoms. The Bertz CT molecular complexity index is 513. The maximum atomic E-state index is 11.7. The largest absolute Gasteiger partial charge is 0.464 e. The lowest BCUT2D eigenvalue weighted by molar-refractivity contribution is -0.144. The van der Waals surface area contributed by atoms with E-state index in [4.69, 9.17) is 4.74 Å². The summed E-state index contributed by atoms with van der Waals surface area (Å²) < 4.78 is 7.46. The Morgan fingerprint density at radius 2 is 2.11 bits per heavy atom. The third-order valence-corrected chi connectivity index (χ3v) is 3.08. The molecule has 1 heterocycles. The maximum absolute atomic E-state index is 11.7. The number of aryl methyl sites for hydroxylation is 1. The average molecular weight is 366 g/mol. The number of unbranched alkanes of at least 4 members (excludes halogenated alkanes) is 1. The van der Waals surface area contributed by atoms with E-state index in [1.54, 1.807) is 0 Å². The zero-order valence-corrected chi connectivity index (χ0v) is 12.5. The van der Waals surface area contributed by atoms with Gasteiger partial charge in [0.1, 0.15) is 6.54 Å². The molecule has 1 aromatic rings. The number of hydrogen-bond acceptors (Lipinski definition) is 4. The van der Waals surface area contributed by atoms with Crippen LogP contribution in [0.2, 0.25) is 0 Å². The molecule has 0 saturated heterocycles. The van der Waals surface area contributed by atoms with Gasteiger partial charge in [-0.15, -0.1) is 0 Å². The van der Waals surface area contributed by atoms with Crippen LogP contribution in [-0.2, 0) is 23.1 Å². The second-order valence-electron chi connectivity index (χ2n) is 3.84. The fourth-order valence-electron chi connectivity index (χ4n) is 1.33. The summed E-state index contributed by atoms with van der Waals surface area (Å²) in [6, 6.07) is 0. The average Bonchev–Trinajstić information content (AvgIpc) is 2.32. The molecule has 0 unspecified atom stereocenters. The number of rotatable bonds is 5. The van der Waals surface area contributed by atoms with Crippen molar-refractivity contribution in [2.24, 2.45) is 7.05 Å². The highest BCUT2D eigenvalue weighted by Crippen LogP contribution is 1.94. The fraction of sp³-hybridized carbons (Fsp3) is 0.545. The Kier molecular flexibility index (Phi) is 5.57. The smallest absolute Gasteiger partial charge is 0.331 e. The lowest BCUT2D eigenvalue weighted by Crippen LogP contribution is -2.41. The molecule has 100 valence electrons. The number of carbonyl (C=O) groups excluding carboxylic acids is 1. The standard InChI is InChI=1S/C11H15IN2O4/c1-3-4-5-18-9(15)7-14-10(16)8(12)6-13(2)11(14)17/h6H,3-5,7H2,1-2H3. The molecule has 0 aliphatic heterocycles. The first-order chi connectivity index (χ1) is 8.47. The van der Waals surface area contributed by atoms with Crippen LogP contribution in [0.3, 0.4) is 0 Å². The van der Waals surface area contributed by atoms with Crippen molar-refractivity contribution in [3.63, 3.8) is 0 Å². The molecule has 0 amide bonds. The van der Waals surface area contributed by atoms with Gasteiger partial charge in [0.05, 0.1) is 10.2 Å². The van der Waals surface area contributed by atoms with Crippen LogP contribution in [0.4, 0.5) is 0 Å². The van der Waals surface area contributed by atoms with Crippen molar-refractivity contribution >= 4 is 28.6 Å². The monoisotopic (exact) mass is 366 g/mol. The summed E-state index contributed by atoms with van der Waals surface area (Å²) in [6.07, 6.45) is 3.12. The molecule has 0 aromatic carbocycles. The minimum Gasteiger partial charge on any atom is -0.464 e. The molecular formula is C11H15IN2O4. The Morgan fingerprint density at radius 1 is 1.44 bits per heavy atom. The number of esters is 1. The van der Waals surface area contributed by atoms with Crippen molar-refractivity contribution in [2.75, 3.05) is 6.61 Å². The van der Waals surface area contributed by atoms with Crippen LogP contribution < -0.4 is 11.2 Å². The van der Waals surface area contributed by atoms with Crippen LogP contribution in [-0.4, -0.2) is 21.7 Å². The summed E-state index contributed by atoms with van der Waals surface area (Å²) >= 11 is 1.83. The number of nitrogens with zero attached hydrogens (tertiary/aromatic N) is 2. The summed E-state index contributed by atoms with van der Waals surface area (Å²) in [4.78, 5) is 34.9. The van der Waals surface area contributed by atoms with Gasteiger partial charge >= 0.3 is 11.7 Å². The van der Waals surface area contributed by atoms with E-state index in [-0.39, 0.29) is 6.54 Å². The predicted octanol–water partition coefficient (Wildman–Crippen LogP) is 0.495. The van der Waals surface area contributed by atoms with Crippen LogP contribution in [0.5, 0.6) is 0 Å². The number of carbonyl (C=O) groups is 1. The third kappa shape index (κ3) is 3.69. The van der Waals surface area contributed by atoms with Gasteiger partial charge in [-0.1, -0.05) is 13.3 Å². The van der Waals surface area contributed by atoms with Gasteiger partial charge < -0.3 is 9.30 Å². The van der Waals surface area contributed by atoms with Gasteiger partial charge in [-0.25, -0.2) is 9.36 Å². The van der Waals surface area contributed by atoms with Crippen LogP contribution in [0, 0.1) is 3.57 Å². The fourth-order valence-corrected chi connectivity index (χ4v) is 2.04. The molecule has 0 spiro atoms. The first-order valence-electron chi connectivity index (χ1n) is 5.59. The van der Waals surface area contributed by atoms with Gasteiger partial charge in [0, 0.05) is 13.2 Å². The summed E-state index contributed by atoms with van der Waals surface area (Å²) in [5.41, 5.74) is -0.987. The first kappa shape index (κ1) is 14.9. The van der Waals surface area contributed by atoms with Crippen molar-refractivity contribution < 1.29 is 9.53 Å². The maximum Gasteiger partial charge on any atom is 0.331 e. The summed E-state index contributed by atoms with van der Waals surface area (Å²) in [5, 5.41) is 0.